The third-order valence-electron chi connectivity index (χ3n) is 2.59. The Hall–Kier alpha value is -1.31. The van der Waals surface area contributed by atoms with Crippen LogP contribution in [-0.2, 0) is 4.79 Å². The molecule has 7 heteroatoms. The van der Waals surface area contributed by atoms with Crippen LogP contribution in [0.4, 0.5) is 5.69 Å². The first-order chi connectivity index (χ1) is 10.1. The van der Waals surface area contributed by atoms with E-state index in [2.05, 4.69) is 42.2 Å². The van der Waals surface area contributed by atoms with E-state index in [4.69, 9.17) is 4.42 Å². The van der Waals surface area contributed by atoms with Crippen LogP contribution >= 0.6 is 43.6 Å². The van der Waals surface area contributed by atoms with Gasteiger partial charge in [-0.15, -0.1) is 0 Å². The molecule has 1 fully saturated rings. The largest absolute Gasteiger partial charge is 0.450 e. The molecule has 106 valence electrons. The summed E-state index contributed by atoms with van der Waals surface area (Å²) in [5.41, 5.74) is 0.766. The number of carbonyl (C=O) groups excluding carboxylic acids is 1. The summed E-state index contributed by atoms with van der Waals surface area (Å²) in [6.45, 7) is 0. The number of para-hydroxylation sites is 1. The smallest absolute Gasteiger partial charge is 0.264 e. The molecule has 2 heterocycles. The fourth-order valence-corrected chi connectivity index (χ4v) is 3.17. The summed E-state index contributed by atoms with van der Waals surface area (Å²) in [4.78, 5) is 16.9. The molecule has 2 aromatic rings. The van der Waals surface area contributed by atoms with Crippen LogP contribution in [0.25, 0.3) is 6.08 Å². The monoisotopic (exact) mass is 426 g/mol. The van der Waals surface area contributed by atoms with Crippen molar-refractivity contribution < 1.29 is 9.21 Å². The van der Waals surface area contributed by atoms with Crippen LogP contribution < -0.4 is 5.32 Å². The molecule has 1 aromatic carbocycles. The third kappa shape index (κ3) is 3.48. The molecule has 0 unspecified atom stereocenters. The molecule has 1 saturated heterocycles. The average molecular weight is 428 g/mol. The lowest BCUT2D eigenvalue weighted by Gasteiger charge is -1.98. The number of thioether (sulfide) groups is 1. The number of amidine groups is 1. The molecule has 0 aliphatic carbocycles. The first-order valence-corrected chi connectivity index (χ1v) is 8.31. The van der Waals surface area contributed by atoms with Crippen molar-refractivity contribution in [1.29, 1.82) is 0 Å². The van der Waals surface area contributed by atoms with Crippen molar-refractivity contribution >= 4 is 66.5 Å². The number of furan rings is 1. The molecule has 0 saturated carbocycles. The highest BCUT2D eigenvalue weighted by atomic mass is 79.9. The summed E-state index contributed by atoms with van der Waals surface area (Å²) in [5, 5.41) is 3.28. The molecule has 1 aliphatic rings. The SMILES string of the molecule is O=C1NC(=Nc2ccccc2Br)SC1=Cc1ccc(Br)o1. The average Bonchev–Trinajstić information content (AvgIpc) is 3.00. The van der Waals surface area contributed by atoms with Crippen molar-refractivity contribution in [2.24, 2.45) is 4.99 Å². The van der Waals surface area contributed by atoms with Crippen LogP contribution in [-0.4, -0.2) is 11.1 Å². The van der Waals surface area contributed by atoms with Gasteiger partial charge in [0.15, 0.2) is 9.84 Å². The van der Waals surface area contributed by atoms with Gasteiger partial charge in [0.25, 0.3) is 5.91 Å². The molecular weight excluding hydrogens is 420 g/mol. The van der Waals surface area contributed by atoms with E-state index in [0.717, 1.165) is 10.2 Å². The van der Waals surface area contributed by atoms with Crippen LogP contribution in [0.2, 0.25) is 0 Å². The minimum Gasteiger partial charge on any atom is -0.450 e. The highest BCUT2D eigenvalue weighted by Crippen LogP contribution is 2.31. The van der Waals surface area contributed by atoms with Gasteiger partial charge >= 0.3 is 0 Å². The maximum absolute atomic E-state index is 11.9. The van der Waals surface area contributed by atoms with Crippen molar-refractivity contribution in [2.75, 3.05) is 0 Å². The lowest BCUT2D eigenvalue weighted by Crippen LogP contribution is -2.19. The molecule has 0 radical (unpaired) electrons. The Labute approximate surface area is 142 Å². The summed E-state index contributed by atoms with van der Waals surface area (Å²) in [5.74, 6) is 0.431. The van der Waals surface area contributed by atoms with Gasteiger partial charge < -0.3 is 9.73 Å². The second kappa shape index (κ2) is 6.21. The predicted molar refractivity (Wildman–Crippen MR) is 91.4 cm³/mol. The Bertz CT molecular complexity index is 768. The number of aliphatic imine (C=N–C) groups is 1. The molecule has 4 nitrogen and oxygen atoms in total. The van der Waals surface area contributed by atoms with Crippen molar-refractivity contribution in [3.8, 4) is 0 Å². The van der Waals surface area contributed by atoms with Crippen molar-refractivity contribution in [2.45, 2.75) is 0 Å². The van der Waals surface area contributed by atoms with E-state index in [9.17, 15) is 4.79 Å². The Kier molecular flexibility index (Phi) is 4.32. The fourth-order valence-electron chi connectivity index (χ4n) is 1.67. The van der Waals surface area contributed by atoms with Gasteiger partial charge in [-0.25, -0.2) is 4.99 Å². The maximum atomic E-state index is 11.9. The number of nitrogens with zero attached hydrogens (tertiary/aromatic N) is 1. The predicted octanol–water partition coefficient (Wildman–Crippen LogP) is 4.70. The standard InChI is InChI=1S/C14H8Br2N2O2S/c15-9-3-1-2-4-10(9)17-14-18-13(19)11(21-14)7-8-5-6-12(16)20-8/h1-7H,(H,17,18,19). The molecule has 1 N–H and O–H groups in total. The maximum Gasteiger partial charge on any atom is 0.264 e. The minimum atomic E-state index is -0.182. The second-order valence-corrected chi connectivity index (χ2v) is 6.74. The van der Waals surface area contributed by atoms with E-state index in [1.165, 1.54) is 11.8 Å². The van der Waals surface area contributed by atoms with E-state index in [1.807, 2.05) is 24.3 Å². The van der Waals surface area contributed by atoms with Gasteiger partial charge in [0, 0.05) is 10.5 Å². The number of benzene rings is 1. The van der Waals surface area contributed by atoms with Crippen molar-refractivity contribution in [1.82, 2.24) is 5.32 Å². The molecule has 0 spiro atoms. The van der Waals surface area contributed by atoms with Crippen molar-refractivity contribution in [3.63, 3.8) is 0 Å². The van der Waals surface area contributed by atoms with Gasteiger partial charge in [-0.3, -0.25) is 4.79 Å². The molecule has 1 amide bonds. The fraction of sp³-hybridized carbons (Fsp3) is 0. The lowest BCUT2D eigenvalue weighted by molar-refractivity contribution is -0.115. The van der Waals surface area contributed by atoms with Gasteiger partial charge in [-0.2, -0.15) is 0 Å². The van der Waals surface area contributed by atoms with Crippen molar-refractivity contribution in [3.05, 3.63) is 56.2 Å². The van der Waals surface area contributed by atoms with E-state index in [0.29, 0.717) is 20.5 Å². The molecule has 1 aromatic heterocycles. The molecular formula is C14H8Br2N2O2S. The Morgan fingerprint density at radius 1 is 1.19 bits per heavy atom. The second-order valence-electron chi connectivity index (χ2n) is 4.08. The molecule has 3 rings (SSSR count). The van der Waals surface area contributed by atoms with Gasteiger partial charge in [-0.05, 0) is 67.9 Å². The summed E-state index contributed by atoms with van der Waals surface area (Å²) >= 11 is 7.94. The first-order valence-electron chi connectivity index (χ1n) is 5.91. The van der Waals surface area contributed by atoms with Crippen LogP contribution in [0.1, 0.15) is 5.76 Å². The highest BCUT2D eigenvalue weighted by molar-refractivity contribution is 9.10. The summed E-state index contributed by atoms with van der Waals surface area (Å²) in [6.07, 6.45) is 1.69. The Balaban J connectivity index is 1.85. The molecule has 1 aliphatic heterocycles. The van der Waals surface area contributed by atoms with Crippen LogP contribution in [0, 0.1) is 0 Å². The minimum absolute atomic E-state index is 0.182. The van der Waals surface area contributed by atoms with E-state index in [-0.39, 0.29) is 5.91 Å². The van der Waals surface area contributed by atoms with Gasteiger partial charge in [0.2, 0.25) is 0 Å². The van der Waals surface area contributed by atoms with E-state index in [1.54, 1.807) is 18.2 Å². The number of hydrogen-bond acceptors (Lipinski definition) is 4. The third-order valence-corrected chi connectivity index (χ3v) is 4.60. The first kappa shape index (κ1) is 14.6. The molecule has 21 heavy (non-hydrogen) atoms. The zero-order valence-corrected chi connectivity index (χ0v) is 14.5. The molecule has 0 atom stereocenters. The number of carbonyl (C=O) groups is 1. The van der Waals surface area contributed by atoms with Gasteiger partial charge in [0.1, 0.15) is 5.76 Å². The summed E-state index contributed by atoms with van der Waals surface area (Å²) in [7, 11) is 0. The Morgan fingerprint density at radius 3 is 2.71 bits per heavy atom. The Morgan fingerprint density at radius 2 is 2.00 bits per heavy atom. The quantitative estimate of drug-likeness (QED) is 0.707. The van der Waals surface area contributed by atoms with E-state index >= 15 is 0 Å². The lowest BCUT2D eigenvalue weighted by atomic mass is 10.3. The van der Waals surface area contributed by atoms with E-state index < -0.39 is 0 Å². The topological polar surface area (TPSA) is 54.6 Å². The number of hydrogen-bond donors (Lipinski definition) is 1. The van der Waals surface area contributed by atoms with Gasteiger partial charge in [-0.1, -0.05) is 12.1 Å². The number of rotatable bonds is 2. The van der Waals surface area contributed by atoms with Crippen LogP contribution in [0.3, 0.4) is 0 Å². The number of nitrogens with one attached hydrogen (secondary N) is 1. The summed E-state index contributed by atoms with van der Waals surface area (Å²) < 4.78 is 6.87. The molecule has 0 bridgehead atoms. The zero-order valence-electron chi connectivity index (χ0n) is 10.5. The zero-order chi connectivity index (χ0) is 14.8. The van der Waals surface area contributed by atoms with Gasteiger partial charge in [0.05, 0.1) is 10.6 Å². The van der Waals surface area contributed by atoms with Crippen LogP contribution in [0.5, 0.6) is 0 Å². The highest BCUT2D eigenvalue weighted by Gasteiger charge is 2.24. The normalized spacial score (nSPS) is 18.5. The number of halogens is 2. The number of amides is 1. The summed E-state index contributed by atoms with van der Waals surface area (Å²) in [6, 6.07) is 11.1. The van der Waals surface area contributed by atoms with Crippen LogP contribution in [0.15, 0.2) is 59.9 Å².